The first kappa shape index (κ1) is 18.0. The maximum absolute atomic E-state index is 14.0. The van der Waals surface area contributed by atoms with Crippen LogP contribution in [0, 0.1) is 28.8 Å². The fourth-order valence-electron chi connectivity index (χ4n) is 3.24. The van der Waals surface area contributed by atoms with Crippen LogP contribution in [-0.4, -0.2) is 12.6 Å². The van der Waals surface area contributed by atoms with E-state index in [1.54, 1.807) is 18.2 Å². The molecule has 3 N–H and O–H groups in total. The molecule has 2 atom stereocenters. The lowest BCUT2D eigenvalue weighted by Gasteiger charge is -2.29. The minimum absolute atomic E-state index is 0.112. The maximum Gasteiger partial charge on any atom is 0.161 e. The molecular weight excluding hydrogens is 339 g/mol. The van der Waals surface area contributed by atoms with Crippen LogP contribution in [-0.2, 0) is 0 Å². The van der Waals surface area contributed by atoms with E-state index in [4.69, 9.17) is 11.0 Å². The van der Waals surface area contributed by atoms with Crippen LogP contribution < -0.4 is 11.1 Å². The van der Waals surface area contributed by atoms with E-state index in [2.05, 4.69) is 11.4 Å². The van der Waals surface area contributed by atoms with Crippen LogP contribution >= 0.6 is 0 Å². The third-order valence-corrected chi connectivity index (χ3v) is 4.63. The zero-order chi connectivity index (χ0) is 18.7. The average Bonchev–Trinajstić information content (AvgIpc) is 2.63. The van der Waals surface area contributed by atoms with E-state index < -0.39 is 23.4 Å². The Morgan fingerprint density at radius 1 is 1.12 bits per heavy atom. The van der Waals surface area contributed by atoms with Crippen molar-refractivity contribution < 1.29 is 13.2 Å². The van der Waals surface area contributed by atoms with Gasteiger partial charge < -0.3 is 11.1 Å². The van der Waals surface area contributed by atoms with E-state index in [1.807, 2.05) is 12.1 Å². The van der Waals surface area contributed by atoms with Crippen molar-refractivity contribution in [3.05, 3.63) is 76.6 Å². The molecule has 0 amide bonds. The summed E-state index contributed by atoms with van der Waals surface area (Å²) in [5.74, 6) is -3.43. The number of hydrogen-bond acceptors (Lipinski definition) is 3. The summed E-state index contributed by atoms with van der Waals surface area (Å²) in [5.41, 5.74) is 8.74. The first-order valence-corrected chi connectivity index (χ1v) is 8.30. The number of allylic oxidation sites excluding steroid dienone is 1. The molecule has 0 heterocycles. The van der Waals surface area contributed by atoms with E-state index >= 15 is 0 Å². The van der Waals surface area contributed by atoms with Gasteiger partial charge in [0.15, 0.2) is 11.6 Å². The number of nitrogens with zero attached hydrogens (tertiary/aromatic N) is 1. The Morgan fingerprint density at radius 2 is 1.88 bits per heavy atom. The van der Waals surface area contributed by atoms with Gasteiger partial charge in [-0.05, 0) is 42.7 Å². The van der Waals surface area contributed by atoms with Gasteiger partial charge in [-0.15, -0.1) is 0 Å². The fourth-order valence-corrected chi connectivity index (χ4v) is 3.24. The maximum atomic E-state index is 14.0. The quantitative estimate of drug-likeness (QED) is 0.636. The zero-order valence-electron chi connectivity index (χ0n) is 14.0. The number of anilines is 1. The van der Waals surface area contributed by atoms with Crippen molar-refractivity contribution in [2.45, 2.75) is 24.8 Å². The van der Waals surface area contributed by atoms with Crippen LogP contribution in [0.1, 0.15) is 29.9 Å². The molecule has 2 aromatic carbocycles. The summed E-state index contributed by atoms with van der Waals surface area (Å²) in [6.45, 7) is 0.551. The number of nitriles is 1. The largest absolute Gasteiger partial charge is 0.381 e. The van der Waals surface area contributed by atoms with Crippen LogP contribution in [0.3, 0.4) is 0 Å². The summed E-state index contributed by atoms with van der Waals surface area (Å²) in [7, 11) is 0. The molecule has 26 heavy (non-hydrogen) atoms. The molecule has 2 aromatic rings. The van der Waals surface area contributed by atoms with E-state index in [9.17, 15) is 13.2 Å². The second-order valence-corrected chi connectivity index (χ2v) is 6.41. The molecule has 0 fully saturated rings. The van der Waals surface area contributed by atoms with Crippen LogP contribution in [0.4, 0.5) is 18.9 Å². The first-order chi connectivity index (χ1) is 12.5. The van der Waals surface area contributed by atoms with E-state index in [0.717, 1.165) is 17.3 Å². The lowest BCUT2D eigenvalue weighted by molar-refractivity contribution is 0.455. The molecule has 0 bridgehead atoms. The third kappa shape index (κ3) is 3.89. The van der Waals surface area contributed by atoms with Gasteiger partial charge in [0.25, 0.3) is 0 Å². The summed E-state index contributed by atoms with van der Waals surface area (Å²) >= 11 is 0. The van der Waals surface area contributed by atoms with E-state index in [1.165, 1.54) is 0 Å². The number of hydrogen-bond donors (Lipinski definition) is 2. The highest BCUT2D eigenvalue weighted by Gasteiger charge is 2.27. The second-order valence-electron chi connectivity index (χ2n) is 6.41. The molecule has 1 aliphatic carbocycles. The van der Waals surface area contributed by atoms with Crippen LogP contribution in [0.25, 0.3) is 0 Å². The molecule has 0 unspecified atom stereocenters. The topological polar surface area (TPSA) is 61.8 Å². The van der Waals surface area contributed by atoms with Gasteiger partial charge in [-0.3, -0.25) is 0 Å². The van der Waals surface area contributed by atoms with Gasteiger partial charge in [0, 0.05) is 30.3 Å². The van der Waals surface area contributed by atoms with E-state index in [0.29, 0.717) is 31.0 Å². The highest BCUT2D eigenvalue weighted by atomic mass is 19.2. The minimum Gasteiger partial charge on any atom is -0.381 e. The smallest absolute Gasteiger partial charge is 0.161 e. The SMILES string of the molecule is N#Cc1cccc(NCC2=CC[C@H](c3cc(F)c(F)cc3F)[C@@H](N)C2)c1. The van der Waals surface area contributed by atoms with Crippen LogP contribution in [0.5, 0.6) is 0 Å². The molecule has 0 saturated carbocycles. The van der Waals surface area contributed by atoms with Crippen molar-refractivity contribution in [1.82, 2.24) is 0 Å². The molecule has 0 aliphatic heterocycles. The number of nitrogens with one attached hydrogen (secondary N) is 1. The standard InChI is InChI=1S/C20H18F3N3/c21-17-9-19(23)18(22)8-16(17)15-5-4-13(7-20(15)25)11-26-14-3-1-2-12(6-14)10-24/h1-4,6,8-9,15,20,26H,5,7,11,25H2/t15-,20+/m1/s1. The minimum atomic E-state index is -1.20. The van der Waals surface area contributed by atoms with Crippen molar-refractivity contribution in [3.63, 3.8) is 0 Å². The Morgan fingerprint density at radius 3 is 2.62 bits per heavy atom. The van der Waals surface area contributed by atoms with Gasteiger partial charge >= 0.3 is 0 Å². The lowest BCUT2D eigenvalue weighted by Crippen LogP contribution is -2.33. The Hall–Kier alpha value is -2.78. The van der Waals surface area contributed by atoms with Gasteiger partial charge in [0.2, 0.25) is 0 Å². The normalized spacial score (nSPS) is 19.6. The van der Waals surface area contributed by atoms with Gasteiger partial charge in [-0.25, -0.2) is 13.2 Å². The van der Waals surface area contributed by atoms with Gasteiger partial charge in [0.1, 0.15) is 5.82 Å². The number of rotatable bonds is 4. The van der Waals surface area contributed by atoms with Gasteiger partial charge in [-0.2, -0.15) is 5.26 Å². The first-order valence-electron chi connectivity index (χ1n) is 8.30. The number of halogens is 3. The predicted molar refractivity (Wildman–Crippen MR) is 94.0 cm³/mol. The predicted octanol–water partition coefficient (Wildman–Crippen LogP) is 4.22. The molecule has 0 aromatic heterocycles. The average molecular weight is 357 g/mol. The molecule has 0 saturated heterocycles. The Kier molecular flexibility index (Phi) is 5.29. The van der Waals surface area contributed by atoms with Crippen molar-refractivity contribution in [2.24, 2.45) is 5.73 Å². The summed E-state index contributed by atoms with van der Waals surface area (Å²) in [6.07, 6.45) is 2.93. The molecule has 134 valence electrons. The third-order valence-electron chi connectivity index (χ3n) is 4.63. The molecule has 3 rings (SSSR count). The fraction of sp³-hybridized carbons (Fsp3) is 0.250. The molecule has 0 radical (unpaired) electrons. The Bertz CT molecular complexity index is 886. The Labute approximate surface area is 149 Å². The number of nitrogens with two attached hydrogens (primary N) is 1. The lowest BCUT2D eigenvalue weighted by atomic mass is 9.80. The van der Waals surface area contributed by atoms with Gasteiger partial charge in [0.05, 0.1) is 11.6 Å². The zero-order valence-corrected chi connectivity index (χ0v) is 14.0. The second kappa shape index (κ2) is 7.63. The summed E-state index contributed by atoms with van der Waals surface area (Å²) in [4.78, 5) is 0. The highest BCUT2D eigenvalue weighted by Crippen LogP contribution is 2.33. The molecular formula is C20H18F3N3. The molecule has 6 heteroatoms. The van der Waals surface area contributed by atoms with Gasteiger partial charge in [-0.1, -0.05) is 17.7 Å². The highest BCUT2D eigenvalue weighted by molar-refractivity contribution is 5.50. The van der Waals surface area contributed by atoms with Crippen molar-refractivity contribution >= 4 is 5.69 Å². The monoisotopic (exact) mass is 357 g/mol. The van der Waals surface area contributed by atoms with Crippen molar-refractivity contribution in [3.8, 4) is 6.07 Å². The van der Waals surface area contributed by atoms with E-state index in [-0.39, 0.29) is 11.6 Å². The summed E-state index contributed by atoms with van der Waals surface area (Å²) in [6, 6.07) is 10.3. The summed E-state index contributed by atoms with van der Waals surface area (Å²) in [5, 5.41) is 12.2. The molecule has 0 spiro atoms. The molecule has 3 nitrogen and oxygen atoms in total. The van der Waals surface area contributed by atoms with Crippen LogP contribution in [0.2, 0.25) is 0 Å². The molecule has 1 aliphatic rings. The Balaban J connectivity index is 1.69. The summed E-state index contributed by atoms with van der Waals surface area (Å²) < 4.78 is 40.6. The van der Waals surface area contributed by atoms with Crippen LogP contribution in [0.15, 0.2) is 48.0 Å². The number of benzene rings is 2. The van der Waals surface area contributed by atoms with Crippen molar-refractivity contribution in [1.29, 1.82) is 5.26 Å². The van der Waals surface area contributed by atoms with Crippen molar-refractivity contribution in [2.75, 3.05) is 11.9 Å².